The van der Waals surface area contributed by atoms with Crippen LogP contribution in [0, 0.1) is 0 Å². The quantitative estimate of drug-likeness (QED) is 0.662. The van der Waals surface area contributed by atoms with Crippen molar-refractivity contribution in [3.63, 3.8) is 0 Å². The lowest BCUT2D eigenvalue weighted by Gasteiger charge is -2.50. The van der Waals surface area contributed by atoms with Crippen molar-refractivity contribution in [3.8, 4) is 0 Å². The van der Waals surface area contributed by atoms with Crippen LogP contribution in [0.4, 0.5) is 0 Å². The molecule has 3 heteroatoms. The Hall–Kier alpha value is 0.137. The van der Waals surface area contributed by atoms with E-state index in [1.807, 2.05) is 0 Å². The van der Waals surface area contributed by atoms with Gasteiger partial charge in [-0.3, -0.25) is 0 Å². The standard InChI is InChI=1S/C18H39N2Si/c1-8-9-11-20(12-10-13-21(6)7)16-14-17(2,3)19-18(4,5)15-16/h16,19H,8-15H2,1-7H3. The first-order chi connectivity index (χ1) is 9.65. The fourth-order valence-corrected chi connectivity index (χ4v) is 4.87. The predicted octanol–water partition coefficient (Wildman–Crippen LogP) is 4.54. The van der Waals surface area contributed by atoms with Gasteiger partial charge in [0.15, 0.2) is 0 Å². The fraction of sp³-hybridized carbons (Fsp3) is 1.00. The van der Waals surface area contributed by atoms with Crippen LogP contribution in [0.3, 0.4) is 0 Å². The van der Waals surface area contributed by atoms with Crippen LogP contribution in [-0.4, -0.2) is 43.9 Å². The minimum atomic E-state index is -0.0645. The largest absolute Gasteiger partial charge is 0.307 e. The van der Waals surface area contributed by atoms with Crippen LogP contribution in [0.1, 0.15) is 66.7 Å². The van der Waals surface area contributed by atoms with Gasteiger partial charge in [-0.25, -0.2) is 0 Å². The monoisotopic (exact) mass is 311 g/mol. The van der Waals surface area contributed by atoms with Gasteiger partial charge in [-0.05, 0) is 66.5 Å². The number of hydrogen-bond donors (Lipinski definition) is 1. The Morgan fingerprint density at radius 3 is 2.00 bits per heavy atom. The highest BCUT2D eigenvalue weighted by atomic mass is 28.3. The lowest BCUT2D eigenvalue weighted by atomic mass is 9.79. The number of nitrogens with zero attached hydrogens (tertiary/aromatic N) is 1. The molecule has 0 unspecified atom stereocenters. The van der Waals surface area contributed by atoms with E-state index in [2.05, 4.69) is 57.9 Å². The van der Waals surface area contributed by atoms with E-state index in [9.17, 15) is 0 Å². The van der Waals surface area contributed by atoms with E-state index in [1.165, 1.54) is 51.2 Å². The van der Waals surface area contributed by atoms with E-state index in [0.717, 1.165) is 6.04 Å². The zero-order valence-electron chi connectivity index (χ0n) is 15.7. The number of piperidine rings is 1. The topological polar surface area (TPSA) is 15.3 Å². The van der Waals surface area contributed by atoms with Gasteiger partial charge in [-0.1, -0.05) is 32.5 Å². The molecule has 1 radical (unpaired) electrons. The summed E-state index contributed by atoms with van der Waals surface area (Å²) in [6.45, 7) is 19.3. The highest BCUT2D eigenvalue weighted by molar-refractivity contribution is 6.55. The summed E-state index contributed by atoms with van der Waals surface area (Å²) in [4.78, 5) is 2.82. The molecule has 1 fully saturated rings. The van der Waals surface area contributed by atoms with Gasteiger partial charge in [0.05, 0.1) is 0 Å². The van der Waals surface area contributed by atoms with E-state index in [0.29, 0.717) is 0 Å². The van der Waals surface area contributed by atoms with E-state index in [-0.39, 0.29) is 19.9 Å². The Morgan fingerprint density at radius 1 is 1.00 bits per heavy atom. The number of unbranched alkanes of at least 4 members (excludes halogenated alkanes) is 1. The molecule has 0 aromatic heterocycles. The minimum Gasteiger partial charge on any atom is -0.307 e. The third-order valence-electron chi connectivity index (χ3n) is 4.61. The van der Waals surface area contributed by atoms with Gasteiger partial charge >= 0.3 is 0 Å². The van der Waals surface area contributed by atoms with Crippen LogP contribution < -0.4 is 5.32 Å². The molecule has 1 saturated heterocycles. The van der Waals surface area contributed by atoms with Crippen molar-refractivity contribution in [2.75, 3.05) is 13.1 Å². The number of hydrogen-bond acceptors (Lipinski definition) is 2. The SMILES string of the molecule is CCCCN(CCC[Si](C)C)C1CC(C)(C)NC(C)(C)C1. The fourth-order valence-electron chi connectivity index (χ4n) is 4.00. The average molecular weight is 312 g/mol. The van der Waals surface area contributed by atoms with Gasteiger partial charge in [0.25, 0.3) is 0 Å². The first kappa shape index (κ1) is 19.2. The smallest absolute Gasteiger partial charge is 0.0413 e. The molecule has 0 spiro atoms. The first-order valence-electron chi connectivity index (χ1n) is 8.97. The Bertz CT molecular complexity index is 284. The van der Waals surface area contributed by atoms with Gasteiger partial charge in [-0.15, -0.1) is 0 Å². The number of nitrogens with one attached hydrogen (secondary N) is 1. The molecule has 21 heavy (non-hydrogen) atoms. The second-order valence-corrected chi connectivity index (χ2v) is 11.6. The Kier molecular flexibility index (Phi) is 7.42. The molecule has 0 aromatic carbocycles. The molecule has 0 amide bonds. The maximum atomic E-state index is 3.83. The summed E-state index contributed by atoms with van der Waals surface area (Å²) in [6.07, 6.45) is 6.63. The van der Waals surface area contributed by atoms with Crippen molar-refractivity contribution in [1.82, 2.24) is 10.2 Å². The molecule has 1 N–H and O–H groups in total. The van der Waals surface area contributed by atoms with Gasteiger partial charge in [-0.2, -0.15) is 0 Å². The lowest BCUT2D eigenvalue weighted by molar-refractivity contribution is 0.0651. The van der Waals surface area contributed by atoms with Crippen molar-refractivity contribution in [3.05, 3.63) is 0 Å². The van der Waals surface area contributed by atoms with E-state index < -0.39 is 0 Å². The molecule has 1 rings (SSSR count). The van der Waals surface area contributed by atoms with E-state index in [4.69, 9.17) is 0 Å². The highest BCUT2D eigenvalue weighted by Crippen LogP contribution is 2.32. The summed E-state index contributed by atoms with van der Waals surface area (Å²) in [5.41, 5.74) is 0.530. The molecule has 0 saturated carbocycles. The Morgan fingerprint density at radius 2 is 1.52 bits per heavy atom. The van der Waals surface area contributed by atoms with Crippen molar-refractivity contribution in [2.24, 2.45) is 0 Å². The molecular formula is C18H39N2Si. The minimum absolute atomic E-state index is 0.0645. The lowest BCUT2D eigenvalue weighted by Crippen LogP contribution is -2.62. The van der Waals surface area contributed by atoms with Gasteiger partial charge in [0.2, 0.25) is 0 Å². The molecule has 0 aromatic rings. The molecule has 0 aliphatic carbocycles. The molecule has 1 heterocycles. The summed E-state index contributed by atoms with van der Waals surface area (Å²) >= 11 is 0. The van der Waals surface area contributed by atoms with Crippen molar-refractivity contribution < 1.29 is 0 Å². The zero-order valence-corrected chi connectivity index (χ0v) is 16.7. The average Bonchev–Trinajstić information content (AvgIpc) is 2.29. The maximum absolute atomic E-state index is 3.83. The van der Waals surface area contributed by atoms with Crippen LogP contribution in [0.5, 0.6) is 0 Å². The van der Waals surface area contributed by atoms with E-state index in [1.54, 1.807) is 0 Å². The van der Waals surface area contributed by atoms with Gasteiger partial charge < -0.3 is 10.2 Å². The van der Waals surface area contributed by atoms with Crippen molar-refractivity contribution >= 4 is 8.80 Å². The van der Waals surface area contributed by atoms with Gasteiger partial charge in [0.1, 0.15) is 0 Å². The van der Waals surface area contributed by atoms with Crippen LogP contribution in [0.15, 0.2) is 0 Å². The highest BCUT2D eigenvalue weighted by Gasteiger charge is 2.39. The van der Waals surface area contributed by atoms with Crippen LogP contribution in [0.25, 0.3) is 0 Å². The predicted molar refractivity (Wildman–Crippen MR) is 97.7 cm³/mol. The summed E-state index contributed by atoms with van der Waals surface area (Å²) in [5.74, 6) is 0. The summed E-state index contributed by atoms with van der Waals surface area (Å²) in [6, 6.07) is 2.22. The molecule has 125 valence electrons. The second-order valence-electron chi connectivity index (χ2n) is 8.66. The van der Waals surface area contributed by atoms with E-state index >= 15 is 0 Å². The maximum Gasteiger partial charge on any atom is 0.0413 e. The Balaban J connectivity index is 2.66. The Labute approximate surface area is 135 Å². The first-order valence-corrected chi connectivity index (χ1v) is 11.7. The normalized spacial score (nSPS) is 22.1. The molecular weight excluding hydrogens is 272 g/mol. The molecule has 1 aliphatic heterocycles. The van der Waals surface area contributed by atoms with Crippen LogP contribution in [0.2, 0.25) is 19.1 Å². The van der Waals surface area contributed by atoms with Crippen molar-refractivity contribution in [2.45, 2.75) is 103 Å². The molecule has 0 atom stereocenters. The molecule has 2 nitrogen and oxygen atoms in total. The van der Waals surface area contributed by atoms with Crippen molar-refractivity contribution in [1.29, 1.82) is 0 Å². The number of rotatable bonds is 8. The molecule has 1 aliphatic rings. The zero-order chi connectivity index (χ0) is 16.1. The van der Waals surface area contributed by atoms with Crippen LogP contribution in [-0.2, 0) is 0 Å². The summed E-state index contributed by atoms with van der Waals surface area (Å²) in [7, 11) is -0.0645. The third-order valence-corrected chi connectivity index (χ3v) is 5.96. The third kappa shape index (κ3) is 7.29. The molecule has 0 bridgehead atoms. The summed E-state index contributed by atoms with van der Waals surface area (Å²) < 4.78 is 0. The van der Waals surface area contributed by atoms with Gasteiger partial charge in [0, 0.05) is 25.9 Å². The summed E-state index contributed by atoms with van der Waals surface area (Å²) in [5, 5.41) is 3.83. The second kappa shape index (κ2) is 8.12. The van der Waals surface area contributed by atoms with Crippen LogP contribution >= 0.6 is 0 Å².